The molecule has 6 nitrogen and oxygen atoms in total. The molecule has 122 valence electrons. The van der Waals surface area contributed by atoms with Crippen LogP contribution < -0.4 is 5.01 Å². The fourth-order valence-electron chi connectivity index (χ4n) is 3.21. The van der Waals surface area contributed by atoms with Gasteiger partial charge in [0.2, 0.25) is 0 Å². The van der Waals surface area contributed by atoms with Crippen LogP contribution in [0.3, 0.4) is 0 Å². The number of imidazole rings is 1. The number of hydrazine groups is 1. The molecule has 1 aromatic heterocycles. The molecule has 0 radical (unpaired) electrons. The van der Waals surface area contributed by atoms with Crippen molar-refractivity contribution in [1.82, 2.24) is 14.6 Å². The Labute approximate surface area is 142 Å². The number of para-hydroxylation sites is 1. The molecule has 0 fully saturated rings. The monoisotopic (exact) mass is 333 g/mol. The van der Waals surface area contributed by atoms with Gasteiger partial charge in [-0.3, -0.25) is 9.36 Å². The maximum atomic E-state index is 13.1. The number of aliphatic imine (C=N–C) groups is 1. The highest BCUT2D eigenvalue weighted by molar-refractivity contribution is 6.16. The van der Waals surface area contributed by atoms with Gasteiger partial charge in [-0.15, -0.1) is 0 Å². The van der Waals surface area contributed by atoms with Crippen molar-refractivity contribution in [3.8, 4) is 5.69 Å². The second kappa shape index (κ2) is 5.01. The smallest absolute Gasteiger partial charge is 0.274 e. The van der Waals surface area contributed by atoms with Gasteiger partial charge in [-0.1, -0.05) is 12.1 Å². The lowest BCUT2D eigenvalue weighted by molar-refractivity contribution is 0.0777. The Bertz CT molecular complexity index is 1020. The summed E-state index contributed by atoms with van der Waals surface area (Å²) in [5.74, 6) is 0.829. The van der Waals surface area contributed by atoms with Crippen molar-refractivity contribution in [2.75, 3.05) is 11.7 Å². The molecular weight excluding hydrogens is 321 g/mol. The molecule has 2 aliphatic rings. The van der Waals surface area contributed by atoms with Gasteiger partial charge in [-0.2, -0.15) is 0 Å². The van der Waals surface area contributed by atoms with Crippen molar-refractivity contribution in [3.05, 3.63) is 78.0 Å². The summed E-state index contributed by atoms with van der Waals surface area (Å²) in [7, 11) is 0. The van der Waals surface area contributed by atoms with Gasteiger partial charge in [0.1, 0.15) is 18.8 Å². The van der Waals surface area contributed by atoms with Gasteiger partial charge in [0.05, 0.1) is 11.9 Å². The number of fused-ring (bicyclic) bond motifs is 6. The predicted molar refractivity (Wildman–Crippen MR) is 90.0 cm³/mol. The molecule has 7 heteroatoms. The lowest BCUT2D eigenvalue weighted by Crippen LogP contribution is -2.48. The second-order valence-corrected chi connectivity index (χ2v) is 5.79. The largest absolute Gasteiger partial charge is 0.283 e. The average Bonchev–Trinajstić information content (AvgIpc) is 3.29. The van der Waals surface area contributed by atoms with E-state index in [0.717, 1.165) is 17.1 Å². The van der Waals surface area contributed by atoms with Gasteiger partial charge in [-0.25, -0.2) is 24.4 Å². The number of carbonyl (C=O) groups is 1. The molecule has 1 amide bonds. The molecule has 0 unspecified atom stereocenters. The number of rotatable bonds is 1. The fourth-order valence-corrected chi connectivity index (χ4v) is 3.21. The number of amidine groups is 1. The lowest BCUT2D eigenvalue weighted by Gasteiger charge is -2.34. The van der Waals surface area contributed by atoms with Crippen LogP contribution in [0.2, 0.25) is 0 Å². The van der Waals surface area contributed by atoms with E-state index in [-0.39, 0.29) is 18.4 Å². The maximum Gasteiger partial charge on any atom is 0.274 e. The van der Waals surface area contributed by atoms with Gasteiger partial charge in [0, 0.05) is 11.1 Å². The molecule has 25 heavy (non-hydrogen) atoms. The van der Waals surface area contributed by atoms with E-state index in [1.807, 2.05) is 28.8 Å². The lowest BCUT2D eigenvalue weighted by atomic mass is 10.1. The first-order valence-corrected chi connectivity index (χ1v) is 7.78. The van der Waals surface area contributed by atoms with Crippen molar-refractivity contribution in [1.29, 1.82) is 0 Å². The van der Waals surface area contributed by atoms with Crippen LogP contribution in [0.25, 0.3) is 5.69 Å². The summed E-state index contributed by atoms with van der Waals surface area (Å²) in [6.07, 6.45) is 3.41. The summed E-state index contributed by atoms with van der Waals surface area (Å²) in [6, 6.07) is 13.4. The molecular formula is C18H12FN5O. The van der Waals surface area contributed by atoms with Crippen LogP contribution in [0.5, 0.6) is 0 Å². The summed E-state index contributed by atoms with van der Waals surface area (Å²) in [6.45, 7) is 0.199. The summed E-state index contributed by atoms with van der Waals surface area (Å²) in [5.41, 5.74) is 2.31. The van der Waals surface area contributed by atoms with Crippen molar-refractivity contribution < 1.29 is 9.18 Å². The molecule has 0 saturated heterocycles. The number of benzene rings is 2. The number of amides is 1. The third-order valence-electron chi connectivity index (χ3n) is 4.36. The van der Waals surface area contributed by atoms with Crippen molar-refractivity contribution in [2.24, 2.45) is 4.99 Å². The minimum Gasteiger partial charge on any atom is -0.283 e. The Kier molecular flexibility index (Phi) is 2.79. The Balaban J connectivity index is 1.60. The summed E-state index contributed by atoms with van der Waals surface area (Å²) < 4.78 is 15.1. The molecule has 0 aliphatic carbocycles. The Morgan fingerprint density at radius 3 is 2.72 bits per heavy atom. The van der Waals surface area contributed by atoms with E-state index in [0.29, 0.717) is 11.4 Å². The van der Waals surface area contributed by atoms with Crippen molar-refractivity contribution in [3.63, 3.8) is 0 Å². The van der Waals surface area contributed by atoms with Gasteiger partial charge in [0.15, 0.2) is 11.7 Å². The number of anilines is 1. The van der Waals surface area contributed by atoms with E-state index in [9.17, 15) is 9.18 Å². The molecule has 5 rings (SSSR count). The standard InChI is InChI=1S/C18H12FN5O/c19-13-7-5-12(6-8-13)18(25)23-11-21-17-14-3-1-2-4-15(14)22-10-20-9-16(22)24(17)23/h1-10H,11H2. The minimum atomic E-state index is -0.375. The van der Waals surface area contributed by atoms with Gasteiger partial charge >= 0.3 is 0 Å². The van der Waals surface area contributed by atoms with E-state index >= 15 is 0 Å². The maximum absolute atomic E-state index is 13.1. The highest BCUT2D eigenvalue weighted by Crippen LogP contribution is 2.34. The summed E-state index contributed by atoms with van der Waals surface area (Å²) >= 11 is 0. The third kappa shape index (κ3) is 1.92. The first kappa shape index (κ1) is 13.9. The highest BCUT2D eigenvalue weighted by Gasteiger charge is 2.38. The molecule has 0 N–H and O–H groups in total. The quantitative estimate of drug-likeness (QED) is 0.688. The summed E-state index contributed by atoms with van der Waals surface area (Å²) in [4.78, 5) is 21.7. The number of aromatic nitrogens is 2. The Hall–Kier alpha value is -3.48. The van der Waals surface area contributed by atoms with E-state index < -0.39 is 0 Å². The average molecular weight is 333 g/mol. The molecule has 3 aromatic rings. The van der Waals surface area contributed by atoms with Crippen molar-refractivity contribution >= 4 is 17.6 Å². The fraction of sp³-hybridized carbons (Fsp3) is 0.0556. The van der Waals surface area contributed by atoms with Crippen molar-refractivity contribution in [2.45, 2.75) is 0 Å². The van der Waals surface area contributed by atoms with E-state index in [4.69, 9.17) is 0 Å². The zero-order valence-corrected chi connectivity index (χ0v) is 13.0. The first-order valence-electron chi connectivity index (χ1n) is 7.78. The number of nitrogens with zero attached hydrogens (tertiary/aromatic N) is 5. The normalized spacial score (nSPS) is 14.7. The number of hydrogen-bond donors (Lipinski definition) is 0. The zero-order valence-electron chi connectivity index (χ0n) is 13.0. The number of halogens is 1. The van der Waals surface area contributed by atoms with Gasteiger partial charge in [-0.05, 0) is 36.4 Å². The van der Waals surface area contributed by atoms with Crippen LogP contribution in [-0.2, 0) is 0 Å². The van der Waals surface area contributed by atoms with Crippen LogP contribution in [0.4, 0.5) is 10.2 Å². The highest BCUT2D eigenvalue weighted by atomic mass is 19.1. The Morgan fingerprint density at radius 1 is 1.08 bits per heavy atom. The second-order valence-electron chi connectivity index (χ2n) is 5.79. The van der Waals surface area contributed by atoms with E-state index in [1.165, 1.54) is 29.3 Å². The number of hydrogen-bond acceptors (Lipinski definition) is 4. The molecule has 0 bridgehead atoms. The minimum absolute atomic E-state index is 0.199. The molecule has 2 aromatic carbocycles. The number of carbonyl (C=O) groups excluding carboxylic acids is 1. The van der Waals surface area contributed by atoms with Gasteiger partial charge < -0.3 is 0 Å². The first-order chi connectivity index (χ1) is 12.2. The zero-order chi connectivity index (χ0) is 17.0. The third-order valence-corrected chi connectivity index (χ3v) is 4.36. The van der Waals surface area contributed by atoms with Crippen LogP contribution in [0, 0.1) is 5.82 Å². The van der Waals surface area contributed by atoms with Crippen LogP contribution >= 0.6 is 0 Å². The SMILES string of the molecule is O=C(c1ccc(F)cc1)N1CN=C2c3ccccc3-n3cncc3N21. The molecule has 0 saturated carbocycles. The van der Waals surface area contributed by atoms with Gasteiger partial charge in [0.25, 0.3) is 5.91 Å². The predicted octanol–water partition coefficient (Wildman–Crippen LogP) is 2.61. The van der Waals surface area contributed by atoms with Crippen LogP contribution in [0.1, 0.15) is 15.9 Å². The topological polar surface area (TPSA) is 53.7 Å². The van der Waals surface area contributed by atoms with E-state index in [2.05, 4.69) is 9.98 Å². The molecule has 2 aliphatic heterocycles. The van der Waals surface area contributed by atoms with Crippen LogP contribution in [-0.4, -0.2) is 33.0 Å². The Morgan fingerprint density at radius 2 is 1.88 bits per heavy atom. The summed E-state index contributed by atoms with van der Waals surface area (Å²) in [5, 5.41) is 3.30. The van der Waals surface area contributed by atoms with E-state index in [1.54, 1.807) is 17.5 Å². The molecule has 0 atom stereocenters. The molecule has 0 spiro atoms. The molecule has 3 heterocycles. The van der Waals surface area contributed by atoms with Crippen LogP contribution in [0.15, 0.2) is 66.0 Å².